The first-order valence-corrected chi connectivity index (χ1v) is 7.96. The summed E-state index contributed by atoms with van der Waals surface area (Å²) in [5.74, 6) is -0.112. The first-order chi connectivity index (χ1) is 8.50. The largest absolute Gasteiger partial charge is 0.354 e. The van der Waals surface area contributed by atoms with Crippen LogP contribution in [0, 0.1) is 0 Å². The summed E-state index contributed by atoms with van der Waals surface area (Å²) in [6, 6.07) is 9.77. The SMILES string of the molecule is CC(CNC(=O)C(S)Cc1ccccc1)S(C)=O. The van der Waals surface area contributed by atoms with Crippen molar-refractivity contribution >= 4 is 29.3 Å². The molecule has 0 fully saturated rings. The normalized spacial score (nSPS) is 15.7. The number of hydrogen-bond acceptors (Lipinski definition) is 3. The van der Waals surface area contributed by atoms with Crippen LogP contribution in [0.25, 0.3) is 0 Å². The van der Waals surface area contributed by atoms with Crippen LogP contribution in [-0.2, 0) is 22.0 Å². The minimum absolute atomic E-state index is 0.0359. The van der Waals surface area contributed by atoms with E-state index in [0.717, 1.165) is 5.56 Å². The molecule has 1 aromatic carbocycles. The van der Waals surface area contributed by atoms with Crippen LogP contribution in [0.1, 0.15) is 12.5 Å². The van der Waals surface area contributed by atoms with Crippen molar-refractivity contribution in [1.82, 2.24) is 5.32 Å². The molecule has 1 amide bonds. The summed E-state index contributed by atoms with van der Waals surface area (Å²) in [6.45, 7) is 2.27. The lowest BCUT2D eigenvalue weighted by Gasteiger charge is -2.14. The molecule has 5 heteroatoms. The molecule has 0 aliphatic heterocycles. The maximum absolute atomic E-state index is 11.8. The molecule has 1 N–H and O–H groups in total. The zero-order chi connectivity index (χ0) is 13.5. The number of carbonyl (C=O) groups is 1. The third-order valence-electron chi connectivity index (χ3n) is 2.70. The number of benzene rings is 1. The second-order valence-electron chi connectivity index (χ2n) is 4.26. The summed E-state index contributed by atoms with van der Waals surface area (Å²) >= 11 is 4.30. The topological polar surface area (TPSA) is 46.2 Å². The van der Waals surface area contributed by atoms with Gasteiger partial charge < -0.3 is 5.32 Å². The molecular formula is C13H19NO2S2. The minimum Gasteiger partial charge on any atom is -0.354 e. The Morgan fingerprint density at radius 1 is 1.39 bits per heavy atom. The van der Waals surface area contributed by atoms with Crippen molar-refractivity contribution in [2.45, 2.75) is 23.8 Å². The molecule has 0 aliphatic carbocycles. The van der Waals surface area contributed by atoms with Gasteiger partial charge in [-0.3, -0.25) is 9.00 Å². The van der Waals surface area contributed by atoms with Crippen LogP contribution in [-0.4, -0.2) is 33.4 Å². The second kappa shape index (κ2) is 7.59. The monoisotopic (exact) mass is 285 g/mol. The van der Waals surface area contributed by atoms with Gasteiger partial charge in [-0.2, -0.15) is 12.6 Å². The van der Waals surface area contributed by atoms with Gasteiger partial charge in [0.25, 0.3) is 0 Å². The number of hydrogen-bond donors (Lipinski definition) is 2. The summed E-state index contributed by atoms with van der Waals surface area (Å²) in [7, 11) is -0.918. The van der Waals surface area contributed by atoms with Crippen molar-refractivity contribution < 1.29 is 9.00 Å². The Kier molecular flexibility index (Phi) is 6.43. The van der Waals surface area contributed by atoms with Crippen LogP contribution >= 0.6 is 12.6 Å². The molecule has 0 radical (unpaired) electrons. The van der Waals surface area contributed by atoms with Gasteiger partial charge in [-0.25, -0.2) is 0 Å². The van der Waals surface area contributed by atoms with Gasteiger partial charge in [-0.05, 0) is 18.9 Å². The van der Waals surface area contributed by atoms with Gasteiger partial charge in [0.2, 0.25) is 5.91 Å². The van der Waals surface area contributed by atoms with Crippen molar-refractivity contribution in [2.75, 3.05) is 12.8 Å². The highest BCUT2D eigenvalue weighted by Gasteiger charge is 2.15. The van der Waals surface area contributed by atoms with Crippen LogP contribution in [0.5, 0.6) is 0 Å². The van der Waals surface area contributed by atoms with Crippen LogP contribution in [0.4, 0.5) is 0 Å². The smallest absolute Gasteiger partial charge is 0.233 e. The van der Waals surface area contributed by atoms with Crippen molar-refractivity contribution in [3.8, 4) is 0 Å². The Balaban J connectivity index is 2.40. The van der Waals surface area contributed by atoms with Gasteiger partial charge in [-0.15, -0.1) is 0 Å². The number of rotatable bonds is 6. The summed E-state index contributed by atoms with van der Waals surface area (Å²) in [5, 5.41) is 2.37. The van der Waals surface area contributed by atoms with E-state index in [4.69, 9.17) is 0 Å². The molecule has 1 aromatic rings. The van der Waals surface area contributed by atoms with Crippen molar-refractivity contribution in [3.63, 3.8) is 0 Å². The molecule has 3 atom stereocenters. The van der Waals surface area contributed by atoms with Crippen LogP contribution in [0.3, 0.4) is 0 Å². The summed E-state index contributed by atoms with van der Waals surface area (Å²) in [6.07, 6.45) is 2.23. The van der Waals surface area contributed by atoms with E-state index in [-0.39, 0.29) is 16.4 Å². The molecule has 0 bridgehead atoms. The predicted octanol–water partition coefficient (Wildman–Crippen LogP) is 1.41. The van der Waals surface area contributed by atoms with E-state index in [0.29, 0.717) is 13.0 Å². The van der Waals surface area contributed by atoms with E-state index < -0.39 is 10.8 Å². The van der Waals surface area contributed by atoms with Gasteiger partial charge in [0.1, 0.15) is 0 Å². The molecule has 3 unspecified atom stereocenters. The number of amides is 1. The Labute approximate surface area is 116 Å². The number of nitrogens with one attached hydrogen (secondary N) is 1. The number of carbonyl (C=O) groups excluding carboxylic acids is 1. The fourth-order valence-corrected chi connectivity index (χ4v) is 2.03. The first-order valence-electron chi connectivity index (χ1n) is 5.82. The van der Waals surface area contributed by atoms with E-state index in [1.807, 2.05) is 37.3 Å². The highest BCUT2D eigenvalue weighted by Crippen LogP contribution is 2.07. The molecule has 0 saturated heterocycles. The molecule has 1 rings (SSSR count). The molecule has 0 aromatic heterocycles. The Bertz CT molecular complexity index is 409. The third kappa shape index (κ3) is 5.23. The number of thiol groups is 1. The van der Waals surface area contributed by atoms with E-state index in [9.17, 15) is 9.00 Å². The molecule has 3 nitrogen and oxygen atoms in total. The average Bonchev–Trinajstić information content (AvgIpc) is 2.36. The predicted molar refractivity (Wildman–Crippen MR) is 79.5 cm³/mol. The fourth-order valence-electron chi connectivity index (χ4n) is 1.41. The molecule has 0 spiro atoms. The molecule has 0 heterocycles. The average molecular weight is 285 g/mol. The molecule has 0 saturated carbocycles. The summed E-state index contributed by atoms with van der Waals surface area (Å²) < 4.78 is 11.2. The Morgan fingerprint density at radius 2 is 2.00 bits per heavy atom. The van der Waals surface area contributed by atoms with Crippen molar-refractivity contribution in [1.29, 1.82) is 0 Å². The van der Waals surface area contributed by atoms with E-state index in [2.05, 4.69) is 17.9 Å². The van der Waals surface area contributed by atoms with Gasteiger partial charge in [-0.1, -0.05) is 30.3 Å². The zero-order valence-corrected chi connectivity index (χ0v) is 12.3. The summed E-state index contributed by atoms with van der Waals surface area (Å²) in [5.41, 5.74) is 1.08. The van der Waals surface area contributed by atoms with Crippen LogP contribution in [0.2, 0.25) is 0 Å². The maximum atomic E-state index is 11.8. The van der Waals surface area contributed by atoms with E-state index in [1.54, 1.807) is 6.26 Å². The molecule has 18 heavy (non-hydrogen) atoms. The zero-order valence-electron chi connectivity index (χ0n) is 10.6. The van der Waals surface area contributed by atoms with E-state index in [1.165, 1.54) is 0 Å². The lowest BCUT2D eigenvalue weighted by Crippen LogP contribution is -2.38. The first kappa shape index (κ1) is 15.2. The van der Waals surface area contributed by atoms with Crippen molar-refractivity contribution in [3.05, 3.63) is 35.9 Å². The second-order valence-corrected chi connectivity index (χ2v) is 6.69. The molecular weight excluding hydrogens is 266 g/mol. The van der Waals surface area contributed by atoms with Crippen LogP contribution in [0.15, 0.2) is 30.3 Å². The lowest BCUT2D eigenvalue weighted by atomic mass is 10.1. The van der Waals surface area contributed by atoms with Gasteiger partial charge in [0.15, 0.2) is 0 Å². The van der Waals surface area contributed by atoms with Crippen molar-refractivity contribution in [2.24, 2.45) is 0 Å². The maximum Gasteiger partial charge on any atom is 0.233 e. The Morgan fingerprint density at radius 3 is 2.56 bits per heavy atom. The van der Waals surface area contributed by atoms with E-state index >= 15 is 0 Å². The minimum atomic E-state index is -0.918. The highest BCUT2D eigenvalue weighted by molar-refractivity contribution is 7.84. The van der Waals surface area contributed by atoms with Gasteiger partial charge in [0.05, 0.1) is 5.25 Å². The molecule has 100 valence electrons. The van der Waals surface area contributed by atoms with Crippen LogP contribution < -0.4 is 5.32 Å². The van der Waals surface area contributed by atoms with Gasteiger partial charge >= 0.3 is 0 Å². The standard InChI is InChI=1S/C13H19NO2S2/c1-10(18(2)16)9-14-13(15)12(17)8-11-6-4-3-5-7-11/h3-7,10,12,17H,8-9H2,1-2H3,(H,14,15). The third-order valence-corrected chi connectivity index (χ3v) is 4.42. The molecule has 0 aliphatic rings. The highest BCUT2D eigenvalue weighted by atomic mass is 32.2. The fraction of sp³-hybridized carbons (Fsp3) is 0.462. The summed E-state index contributed by atoms with van der Waals surface area (Å²) in [4.78, 5) is 11.8. The van der Waals surface area contributed by atoms with Gasteiger partial charge in [0, 0.05) is 28.9 Å². The quantitative estimate of drug-likeness (QED) is 0.776. The lowest BCUT2D eigenvalue weighted by molar-refractivity contribution is -0.120. The Hall–Kier alpha value is -0.810.